The second kappa shape index (κ2) is 6.15. The fraction of sp³-hybridized carbons (Fsp3) is 0.154. The van der Waals surface area contributed by atoms with Crippen LogP contribution in [0.1, 0.15) is 21.9 Å². The molecule has 1 heterocycles. The highest BCUT2D eigenvalue weighted by Gasteiger charge is 2.18. The zero-order valence-corrected chi connectivity index (χ0v) is 12.4. The molecule has 1 amide bonds. The molecular weight excluding hydrogens is 317 g/mol. The van der Waals surface area contributed by atoms with Gasteiger partial charge in [0.15, 0.2) is 5.69 Å². The van der Waals surface area contributed by atoms with Crippen molar-refractivity contribution in [3.05, 3.63) is 45.3 Å². The largest absolute Gasteiger partial charge is 0.501 e. The van der Waals surface area contributed by atoms with E-state index >= 15 is 0 Å². The summed E-state index contributed by atoms with van der Waals surface area (Å²) in [6.07, 6.45) is 0. The summed E-state index contributed by atoms with van der Waals surface area (Å²) in [5, 5.41) is 22.4. The van der Waals surface area contributed by atoms with Crippen molar-refractivity contribution < 1.29 is 15.0 Å². The lowest BCUT2D eigenvalue weighted by atomic mass is 10.2. The molecule has 3 N–H and O–H groups in total. The molecule has 0 aliphatic carbocycles. The van der Waals surface area contributed by atoms with Crippen molar-refractivity contribution >= 4 is 29.1 Å². The molecule has 0 unspecified atom stereocenters. The number of carbonyl (C=O) groups excluding carboxylic acids is 1. The zero-order valence-electron chi connectivity index (χ0n) is 10.9. The number of aromatic hydroxyl groups is 2. The molecule has 0 aliphatic heterocycles. The van der Waals surface area contributed by atoms with Gasteiger partial charge in [-0.3, -0.25) is 4.79 Å². The first-order valence-corrected chi connectivity index (χ1v) is 6.62. The summed E-state index contributed by atoms with van der Waals surface area (Å²) in [4.78, 5) is 19.3. The van der Waals surface area contributed by atoms with Crippen molar-refractivity contribution in [3.8, 4) is 11.6 Å². The van der Waals surface area contributed by atoms with Gasteiger partial charge in [-0.25, -0.2) is 4.98 Å². The van der Waals surface area contributed by atoms with Crippen LogP contribution in [0, 0.1) is 6.92 Å². The fourth-order valence-electron chi connectivity index (χ4n) is 1.69. The lowest BCUT2D eigenvalue weighted by molar-refractivity contribution is 0.0941. The van der Waals surface area contributed by atoms with Crippen LogP contribution in [0.5, 0.6) is 11.6 Å². The fourth-order valence-corrected chi connectivity index (χ4v) is 2.26. The maximum absolute atomic E-state index is 12.0. The number of hydrogen-bond donors (Lipinski definition) is 3. The third-order valence-corrected chi connectivity index (χ3v) is 3.00. The van der Waals surface area contributed by atoms with Gasteiger partial charge in [0, 0.05) is 16.6 Å². The third kappa shape index (κ3) is 3.74. The lowest BCUT2D eigenvalue weighted by Gasteiger charge is -2.08. The molecule has 1 aromatic heterocycles. The van der Waals surface area contributed by atoms with Crippen LogP contribution in [-0.2, 0) is 6.54 Å². The maximum Gasteiger partial charge on any atom is 0.274 e. The first-order valence-electron chi connectivity index (χ1n) is 5.86. The number of hydrogen-bond acceptors (Lipinski definition) is 5. The molecule has 0 radical (unpaired) electrons. The molecule has 110 valence electrons. The summed E-state index contributed by atoms with van der Waals surface area (Å²) in [6.45, 7) is 1.63. The summed E-state index contributed by atoms with van der Waals surface area (Å²) in [6, 6.07) is 4.87. The monoisotopic (exact) mass is 327 g/mol. The number of nitrogens with one attached hydrogen (secondary N) is 1. The Morgan fingerprint density at radius 1 is 1.19 bits per heavy atom. The number of nitrogens with zero attached hydrogens (tertiary/aromatic N) is 2. The van der Waals surface area contributed by atoms with Gasteiger partial charge in [-0.1, -0.05) is 23.2 Å². The molecule has 0 aliphatic rings. The normalized spacial score (nSPS) is 10.4. The molecule has 6 nitrogen and oxygen atoms in total. The van der Waals surface area contributed by atoms with Crippen LogP contribution >= 0.6 is 23.2 Å². The first kappa shape index (κ1) is 15.3. The van der Waals surface area contributed by atoms with E-state index in [2.05, 4.69) is 15.3 Å². The van der Waals surface area contributed by atoms with Gasteiger partial charge >= 0.3 is 0 Å². The van der Waals surface area contributed by atoms with Gasteiger partial charge in [-0.05, 0) is 30.7 Å². The van der Waals surface area contributed by atoms with Crippen LogP contribution in [-0.4, -0.2) is 26.1 Å². The van der Waals surface area contributed by atoms with Gasteiger partial charge in [0.05, 0.1) is 0 Å². The molecule has 2 rings (SSSR count). The Hall–Kier alpha value is -2.05. The van der Waals surface area contributed by atoms with Crippen molar-refractivity contribution in [3.63, 3.8) is 0 Å². The zero-order chi connectivity index (χ0) is 15.6. The van der Waals surface area contributed by atoms with E-state index in [1.807, 2.05) is 0 Å². The topological polar surface area (TPSA) is 95.3 Å². The number of carbonyl (C=O) groups is 1. The quantitative estimate of drug-likeness (QED) is 0.804. The highest BCUT2D eigenvalue weighted by molar-refractivity contribution is 6.34. The average Bonchev–Trinajstić information content (AvgIpc) is 2.39. The van der Waals surface area contributed by atoms with Crippen molar-refractivity contribution in [1.29, 1.82) is 0 Å². The maximum atomic E-state index is 12.0. The van der Waals surface area contributed by atoms with Crippen LogP contribution in [0.4, 0.5) is 0 Å². The van der Waals surface area contributed by atoms with Gasteiger partial charge in [0.2, 0.25) is 5.75 Å². The molecule has 0 spiro atoms. The van der Waals surface area contributed by atoms with E-state index in [-0.39, 0.29) is 18.1 Å². The predicted octanol–water partition coefficient (Wildman–Crippen LogP) is 2.43. The van der Waals surface area contributed by atoms with E-state index < -0.39 is 17.5 Å². The van der Waals surface area contributed by atoms with Crippen molar-refractivity contribution in [2.24, 2.45) is 0 Å². The summed E-state index contributed by atoms with van der Waals surface area (Å²) < 4.78 is 0. The summed E-state index contributed by atoms with van der Waals surface area (Å²) in [5.74, 6) is -1.79. The molecule has 0 fully saturated rings. The Kier molecular flexibility index (Phi) is 4.50. The molecule has 2 aromatic rings. The van der Waals surface area contributed by atoms with Crippen LogP contribution in [0.3, 0.4) is 0 Å². The van der Waals surface area contributed by atoms with Crippen molar-refractivity contribution in [2.75, 3.05) is 0 Å². The Bertz CT molecular complexity index is 687. The molecular formula is C13H11Cl2N3O3. The average molecular weight is 328 g/mol. The third-order valence-electron chi connectivity index (χ3n) is 2.57. The highest BCUT2D eigenvalue weighted by Crippen LogP contribution is 2.25. The van der Waals surface area contributed by atoms with Crippen LogP contribution < -0.4 is 5.32 Å². The van der Waals surface area contributed by atoms with Crippen LogP contribution in [0.15, 0.2) is 18.2 Å². The molecule has 0 bridgehead atoms. The summed E-state index contributed by atoms with van der Waals surface area (Å²) in [5.41, 5.74) is 0.392. The minimum atomic E-state index is -0.665. The van der Waals surface area contributed by atoms with Gasteiger partial charge < -0.3 is 15.5 Å². The standard InChI is InChI=1S/C13H11Cl2N3O3/c1-6-17-10(11(19)13(21)18-6)12(20)16-5-7-2-8(14)4-9(15)3-7/h2-4,19H,5H2,1H3,(H,16,20)(H,17,18,21). The number of aryl methyl sites for hydroxylation is 1. The van der Waals surface area contributed by atoms with Crippen molar-refractivity contribution in [2.45, 2.75) is 13.5 Å². The predicted molar refractivity (Wildman–Crippen MR) is 77.7 cm³/mol. The molecule has 1 aromatic carbocycles. The number of benzene rings is 1. The first-order chi connectivity index (χ1) is 9.86. The van der Waals surface area contributed by atoms with Crippen LogP contribution in [0.25, 0.3) is 0 Å². The second-order valence-electron chi connectivity index (χ2n) is 4.25. The Labute approximate surface area is 130 Å². The molecule has 0 saturated heterocycles. The lowest BCUT2D eigenvalue weighted by Crippen LogP contribution is -2.24. The van der Waals surface area contributed by atoms with E-state index in [0.29, 0.717) is 15.6 Å². The highest BCUT2D eigenvalue weighted by atomic mass is 35.5. The van der Waals surface area contributed by atoms with E-state index in [0.717, 1.165) is 0 Å². The van der Waals surface area contributed by atoms with Gasteiger partial charge in [0.1, 0.15) is 5.82 Å². The summed E-state index contributed by atoms with van der Waals surface area (Å²) in [7, 11) is 0. The van der Waals surface area contributed by atoms with Crippen molar-refractivity contribution in [1.82, 2.24) is 15.3 Å². The summed E-state index contributed by atoms with van der Waals surface area (Å²) >= 11 is 11.7. The Morgan fingerprint density at radius 3 is 2.43 bits per heavy atom. The van der Waals surface area contributed by atoms with E-state index in [1.54, 1.807) is 18.2 Å². The molecule has 8 heteroatoms. The number of aromatic nitrogens is 2. The molecule has 0 atom stereocenters. The number of halogens is 2. The van der Waals surface area contributed by atoms with Gasteiger partial charge in [-0.2, -0.15) is 4.98 Å². The SMILES string of the molecule is Cc1nc(O)c(O)c(C(=O)NCc2cc(Cl)cc(Cl)c2)n1. The second-order valence-corrected chi connectivity index (χ2v) is 5.12. The van der Waals surface area contributed by atoms with Gasteiger partial charge in [0.25, 0.3) is 11.8 Å². The number of amides is 1. The van der Waals surface area contributed by atoms with Gasteiger partial charge in [-0.15, -0.1) is 0 Å². The molecule has 0 saturated carbocycles. The van der Waals surface area contributed by atoms with Crippen LogP contribution in [0.2, 0.25) is 10.0 Å². The Balaban J connectivity index is 2.15. The molecule has 21 heavy (non-hydrogen) atoms. The van der Waals surface area contributed by atoms with E-state index in [4.69, 9.17) is 23.2 Å². The Morgan fingerprint density at radius 2 is 1.81 bits per heavy atom. The number of rotatable bonds is 3. The minimum Gasteiger partial charge on any atom is -0.501 e. The minimum absolute atomic E-state index is 0.141. The smallest absolute Gasteiger partial charge is 0.274 e. The van der Waals surface area contributed by atoms with E-state index in [1.165, 1.54) is 6.92 Å². The van der Waals surface area contributed by atoms with E-state index in [9.17, 15) is 15.0 Å².